The Hall–Kier alpha value is -2.12. The van der Waals surface area contributed by atoms with Crippen LogP contribution in [-0.4, -0.2) is 18.1 Å². The van der Waals surface area contributed by atoms with Gasteiger partial charge in [-0.2, -0.15) is 5.10 Å². The van der Waals surface area contributed by atoms with Gasteiger partial charge in [0, 0.05) is 6.54 Å². The van der Waals surface area contributed by atoms with Crippen molar-refractivity contribution in [3.63, 3.8) is 0 Å². The molecule has 23 heavy (non-hydrogen) atoms. The van der Waals surface area contributed by atoms with E-state index in [-0.39, 0.29) is 6.79 Å². The molecule has 0 aromatic heterocycles. The summed E-state index contributed by atoms with van der Waals surface area (Å²) in [5, 5.41) is 7.68. The van der Waals surface area contributed by atoms with Crippen LogP contribution in [0.25, 0.3) is 0 Å². The average molecular weight is 392 g/mol. The highest BCUT2D eigenvalue weighted by atomic mass is 79.9. The second kappa shape index (κ2) is 7.43. The SMILES string of the molecule is S=C(NCc1ccccc1)N/N=C\c1cc(Br)c2c(c1)OCO2. The van der Waals surface area contributed by atoms with Crippen molar-refractivity contribution in [3.05, 3.63) is 58.1 Å². The highest BCUT2D eigenvalue weighted by Gasteiger charge is 2.17. The number of nitrogens with one attached hydrogen (secondary N) is 2. The number of hydrazone groups is 1. The third-order valence-corrected chi connectivity index (χ3v) is 3.95. The van der Waals surface area contributed by atoms with Gasteiger partial charge >= 0.3 is 0 Å². The molecule has 1 aliphatic rings. The molecule has 7 heteroatoms. The molecule has 2 N–H and O–H groups in total. The van der Waals surface area contributed by atoms with Crippen molar-refractivity contribution in [1.82, 2.24) is 10.7 Å². The zero-order chi connectivity index (χ0) is 16.1. The van der Waals surface area contributed by atoms with Crippen LogP contribution in [-0.2, 0) is 6.54 Å². The minimum absolute atomic E-state index is 0.236. The monoisotopic (exact) mass is 391 g/mol. The molecule has 0 unspecified atom stereocenters. The topological polar surface area (TPSA) is 54.9 Å². The molecular weight excluding hydrogens is 378 g/mol. The Morgan fingerprint density at radius 1 is 1.26 bits per heavy atom. The van der Waals surface area contributed by atoms with Gasteiger partial charge in [-0.05, 0) is 51.4 Å². The van der Waals surface area contributed by atoms with Crippen molar-refractivity contribution in [3.8, 4) is 11.5 Å². The van der Waals surface area contributed by atoms with Crippen LogP contribution in [0.3, 0.4) is 0 Å². The maximum atomic E-state index is 5.36. The molecule has 0 radical (unpaired) electrons. The van der Waals surface area contributed by atoms with Crippen LogP contribution >= 0.6 is 28.1 Å². The minimum Gasteiger partial charge on any atom is -0.454 e. The molecule has 3 rings (SSSR count). The summed E-state index contributed by atoms with van der Waals surface area (Å²) >= 11 is 8.63. The molecule has 5 nitrogen and oxygen atoms in total. The lowest BCUT2D eigenvalue weighted by molar-refractivity contribution is 0.173. The average Bonchev–Trinajstić information content (AvgIpc) is 3.03. The van der Waals surface area contributed by atoms with Crippen molar-refractivity contribution >= 4 is 39.5 Å². The standard InChI is InChI=1S/C16H14BrN3O2S/c17-13-6-12(7-14-15(13)22-10-21-14)9-19-20-16(23)18-8-11-4-2-1-3-5-11/h1-7,9H,8,10H2,(H2,18,20,23)/b19-9-. The molecule has 0 amide bonds. The molecule has 1 aliphatic heterocycles. The van der Waals surface area contributed by atoms with Gasteiger partial charge in [-0.3, -0.25) is 5.43 Å². The predicted octanol–water partition coefficient (Wildman–Crippen LogP) is 3.18. The Bertz CT molecular complexity index is 738. The van der Waals surface area contributed by atoms with Crippen molar-refractivity contribution in [2.45, 2.75) is 6.54 Å². The third kappa shape index (κ3) is 4.20. The summed E-state index contributed by atoms with van der Waals surface area (Å²) in [6.45, 7) is 0.887. The first-order chi connectivity index (χ1) is 11.2. The molecule has 0 atom stereocenters. The maximum Gasteiger partial charge on any atom is 0.231 e. The van der Waals surface area contributed by atoms with Crippen LogP contribution in [0.4, 0.5) is 0 Å². The van der Waals surface area contributed by atoms with Crippen LogP contribution in [0.5, 0.6) is 11.5 Å². The van der Waals surface area contributed by atoms with E-state index in [2.05, 4.69) is 31.8 Å². The minimum atomic E-state index is 0.236. The first-order valence-corrected chi connectivity index (χ1v) is 8.12. The molecule has 0 saturated carbocycles. The van der Waals surface area contributed by atoms with Gasteiger partial charge in [0.25, 0.3) is 0 Å². The van der Waals surface area contributed by atoms with E-state index >= 15 is 0 Å². The number of ether oxygens (including phenoxy) is 2. The fourth-order valence-electron chi connectivity index (χ4n) is 2.05. The molecule has 0 spiro atoms. The molecule has 0 bridgehead atoms. The number of halogens is 1. The van der Waals surface area contributed by atoms with Crippen molar-refractivity contribution in [1.29, 1.82) is 0 Å². The quantitative estimate of drug-likeness (QED) is 0.476. The van der Waals surface area contributed by atoms with Gasteiger partial charge in [0.1, 0.15) is 0 Å². The smallest absolute Gasteiger partial charge is 0.231 e. The number of nitrogens with zero attached hydrogens (tertiary/aromatic N) is 1. The van der Waals surface area contributed by atoms with Gasteiger partial charge in [-0.25, -0.2) is 0 Å². The molecule has 0 aliphatic carbocycles. The third-order valence-electron chi connectivity index (χ3n) is 3.13. The highest BCUT2D eigenvalue weighted by Crippen LogP contribution is 2.39. The van der Waals surface area contributed by atoms with Gasteiger partial charge in [-0.15, -0.1) is 0 Å². The van der Waals surface area contributed by atoms with E-state index in [1.807, 2.05) is 42.5 Å². The number of benzene rings is 2. The number of rotatable bonds is 4. The first-order valence-electron chi connectivity index (χ1n) is 6.92. The first kappa shape index (κ1) is 15.8. The summed E-state index contributed by atoms with van der Waals surface area (Å²) in [7, 11) is 0. The lowest BCUT2D eigenvalue weighted by atomic mass is 10.2. The Kier molecular flexibility index (Phi) is 5.09. The van der Waals surface area contributed by atoms with Crippen LogP contribution in [0.2, 0.25) is 0 Å². The van der Waals surface area contributed by atoms with Crippen molar-refractivity contribution in [2.24, 2.45) is 5.10 Å². The highest BCUT2D eigenvalue weighted by molar-refractivity contribution is 9.10. The van der Waals surface area contributed by atoms with Crippen molar-refractivity contribution in [2.75, 3.05) is 6.79 Å². The van der Waals surface area contributed by atoms with E-state index < -0.39 is 0 Å². The molecule has 2 aromatic rings. The summed E-state index contributed by atoms with van der Waals surface area (Å²) in [5.74, 6) is 1.42. The lowest BCUT2D eigenvalue weighted by Crippen LogP contribution is -2.31. The predicted molar refractivity (Wildman–Crippen MR) is 96.9 cm³/mol. The maximum absolute atomic E-state index is 5.36. The number of hydrogen-bond acceptors (Lipinski definition) is 4. The zero-order valence-electron chi connectivity index (χ0n) is 12.1. The van der Waals surface area contributed by atoms with E-state index in [0.29, 0.717) is 17.4 Å². The molecular formula is C16H14BrN3O2S. The lowest BCUT2D eigenvalue weighted by Gasteiger charge is -2.06. The molecule has 1 heterocycles. The molecule has 0 saturated heterocycles. The Morgan fingerprint density at radius 2 is 2.09 bits per heavy atom. The van der Waals surface area contributed by atoms with Gasteiger partial charge in [0.2, 0.25) is 6.79 Å². The van der Waals surface area contributed by atoms with Gasteiger partial charge < -0.3 is 14.8 Å². The second-order valence-corrected chi connectivity index (χ2v) is 6.04. The fraction of sp³-hybridized carbons (Fsp3) is 0.125. The van der Waals surface area contributed by atoms with Crippen LogP contribution < -0.4 is 20.2 Å². The van der Waals surface area contributed by atoms with Gasteiger partial charge in [-0.1, -0.05) is 30.3 Å². The summed E-state index contributed by atoms with van der Waals surface area (Å²) in [5.41, 5.74) is 4.82. The van der Waals surface area contributed by atoms with Crippen molar-refractivity contribution < 1.29 is 9.47 Å². The van der Waals surface area contributed by atoms with E-state index in [1.54, 1.807) is 6.21 Å². The normalized spacial score (nSPS) is 12.4. The van der Waals surface area contributed by atoms with E-state index in [9.17, 15) is 0 Å². The summed E-state index contributed by atoms with van der Waals surface area (Å²) in [4.78, 5) is 0. The largest absolute Gasteiger partial charge is 0.454 e. The van der Waals surface area contributed by atoms with Gasteiger partial charge in [0.05, 0.1) is 10.7 Å². The molecule has 0 fully saturated rings. The second-order valence-electron chi connectivity index (χ2n) is 4.77. The number of fused-ring (bicyclic) bond motifs is 1. The summed E-state index contributed by atoms with van der Waals surface area (Å²) < 4.78 is 11.5. The molecule has 118 valence electrons. The summed E-state index contributed by atoms with van der Waals surface area (Å²) in [6, 6.07) is 13.8. The summed E-state index contributed by atoms with van der Waals surface area (Å²) in [6.07, 6.45) is 1.67. The Labute approximate surface area is 147 Å². The zero-order valence-corrected chi connectivity index (χ0v) is 14.5. The van der Waals surface area contributed by atoms with Gasteiger partial charge in [0.15, 0.2) is 16.6 Å². The van der Waals surface area contributed by atoms with Crippen LogP contribution in [0.1, 0.15) is 11.1 Å². The molecule has 2 aromatic carbocycles. The van der Waals surface area contributed by atoms with E-state index in [1.165, 1.54) is 0 Å². The fourth-order valence-corrected chi connectivity index (χ4v) is 2.74. The van der Waals surface area contributed by atoms with Crippen LogP contribution in [0.15, 0.2) is 52.0 Å². The number of hydrogen-bond donors (Lipinski definition) is 2. The van der Waals surface area contributed by atoms with Crippen LogP contribution in [0, 0.1) is 0 Å². The van der Waals surface area contributed by atoms with E-state index in [0.717, 1.165) is 21.3 Å². The Balaban J connectivity index is 1.53. The Morgan fingerprint density at radius 3 is 2.91 bits per heavy atom. The van der Waals surface area contributed by atoms with E-state index in [4.69, 9.17) is 21.7 Å². The number of thiocarbonyl (C=S) groups is 1.